The molecule has 2 atom stereocenters. The van der Waals surface area contributed by atoms with Crippen molar-refractivity contribution in [1.82, 2.24) is 4.90 Å². The lowest BCUT2D eigenvalue weighted by Crippen LogP contribution is -2.42. The molecule has 0 amide bonds. The third-order valence-electron chi connectivity index (χ3n) is 3.23. The first-order chi connectivity index (χ1) is 6.70. The van der Waals surface area contributed by atoms with Crippen LogP contribution in [-0.2, 0) is 4.74 Å². The minimum absolute atomic E-state index is 0.147. The first kappa shape index (κ1) is 10.1. The Labute approximate surface area is 83.2 Å². The molecule has 2 aliphatic heterocycles. The number of nitrogens with zero attached hydrogens (tertiary/aromatic N) is 1. The Bertz CT molecular complexity index is 257. The number of aliphatic hydroxyl groups excluding tert-OH is 1. The summed E-state index contributed by atoms with van der Waals surface area (Å²) in [5.74, 6) is 0. The van der Waals surface area contributed by atoms with Gasteiger partial charge in [0.15, 0.2) is 0 Å². The molecule has 2 aliphatic rings. The molecule has 0 bridgehead atoms. The van der Waals surface area contributed by atoms with Gasteiger partial charge in [0, 0.05) is 20.2 Å². The van der Waals surface area contributed by atoms with Crippen LogP contribution in [0.3, 0.4) is 0 Å². The van der Waals surface area contributed by atoms with Gasteiger partial charge in [-0.1, -0.05) is 0 Å². The van der Waals surface area contributed by atoms with Gasteiger partial charge in [0.05, 0.1) is 24.6 Å². The lowest BCUT2D eigenvalue weighted by Gasteiger charge is -2.30. The average Bonchev–Trinajstić information content (AvgIpc) is 2.57. The highest BCUT2D eigenvalue weighted by molar-refractivity contribution is 5.20. The number of fused-ring (bicyclic) bond motifs is 1. The summed E-state index contributed by atoms with van der Waals surface area (Å²) in [5.41, 5.74) is 0.667. The van der Waals surface area contributed by atoms with Gasteiger partial charge in [-0.2, -0.15) is 0 Å². The SMILES string of the molecule is COC[C@]12C/C(=C/F)CN1C[C@H](O)C2. The van der Waals surface area contributed by atoms with Crippen LogP contribution in [-0.4, -0.2) is 48.5 Å². The molecule has 2 rings (SSSR count). The first-order valence-corrected chi connectivity index (χ1v) is 4.90. The van der Waals surface area contributed by atoms with Gasteiger partial charge in [-0.25, -0.2) is 4.39 Å². The van der Waals surface area contributed by atoms with E-state index in [9.17, 15) is 9.50 Å². The Morgan fingerprint density at radius 1 is 1.79 bits per heavy atom. The predicted molar refractivity (Wildman–Crippen MR) is 50.6 cm³/mol. The molecule has 2 heterocycles. The topological polar surface area (TPSA) is 32.7 Å². The lowest BCUT2D eigenvalue weighted by atomic mass is 9.93. The summed E-state index contributed by atoms with van der Waals surface area (Å²) in [5, 5.41) is 9.58. The molecule has 2 fully saturated rings. The summed E-state index contributed by atoms with van der Waals surface area (Å²) in [7, 11) is 1.65. The Morgan fingerprint density at radius 3 is 3.21 bits per heavy atom. The normalized spacial score (nSPS) is 40.8. The Hall–Kier alpha value is -0.450. The van der Waals surface area contributed by atoms with E-state index in [1.54, 1.807) is 7.11 Å². The quantitative estimate of drug-likeness (QED) is 0.713. The number of aliphatic hydroxyl groups is 1. The number of hydrogen-bond donors (Lipinski definition) is 1. The molecule has 0 spiro atoms. The number of methoxy groups -OCH3 is 1. The zero-order chi connectivity index (χ0) is 10.2. The van der Waals surface area contributed by atoms with E-state index < -0.39 is 0 Å². The maximum absolute atomic E-state index is 12.4. The Kier molecular flexibility index (Phi) is 2.60. The second kappa shape index (κ2) is 3.61. The number of β-amino-alcohol motifs (C(OH)–C–C–N with tert-alkyl or cyclic N) is 1. The van der Waals surface area contributed by atoms with E-state index in [4.69, 9.17) is 4.74 Å². The standard InChI is InChI=1S/C10H16FNO2/c1-14-7-10-2-8(4-11)5-12(10)6-9(13)3-10/h4,9,13H,2-3,5-7H2,1H3/b8-4-/t9-,10-/m1/s1. The summed E-state index contributed by atoms with van der Waals surface area (Å²) in [6.07, 6.45) is 1.79. The highest BCUT2D eigenvalue weighted by Crippen LogP contribution is 2.41. The molecule has 80 valence electrons. The van der Waals surface area contributed by atoms with Crippen LogP contribution in [0.1, 0.15) is 12.8 Å². The van der Waals surface area contributed by atoms with Gasteiger partial charge < -0.3 is 9.84 Å². The number of hydrogen-bond acceptors (Lipinski definition) is 3. The summed E-state index contributed by atoms with van der Waals surface area (Å²) >= 11 is 0. The molecule has 0 aromatic carbocycles. The van der Waals surface area contributed by atoms with Crippen molar-refractivity contribution in [2.45, 2.75) is 24.5 Å². The van der Waals surface area contributed by atoms with E-state index in [-0.39, 0.29) is 11.6 Å². The van der Waals surface area contributed by atoms with E-state index in [1.807, 2.05) is 0 Å². The minimum Gasteiger partial charge on any atom is -0.392 e. The fourth-order valence-corrected chi connectivity index (χ4v) is 2.76. The van der Waals surface area contributed by atoms with Gasteiger partial charge >= 0.3 is 0 Å². The van der Waals surface area contributed by atoms with Gasteiger partial charge in [-0.3, -0.25) is 4.90 Å². The Morgan fingerprint density at radius 2 is 2.57 bits per heavy atom. The van der Waals surface area contributed by atoms with Gasteiger partial charge in [0.2, 0.25) is 0 Å². The summed E-state index contributed by atoms with van der Waals surface area (Å²) in [6, 6.07) is 0. The zero-order valence-electron chi connectivity index (χ0n) is 8.37. The number of ether oxygens (including phenoxy) is 1. The highest BCUT2D eigenvalue weighted by Gasteiger charge is 2.49. The van der Waals surface area contributed by atoms with E-state index in [0.717, 1.165) is 5.57 Å². The zero-order valence-corrected chi connectivity index (χ0v) is 8.37. The second-order valence-electron chi connectivity index (χ2n) is 4.34. The third kappa shape index (κ3) is 1.47. The third-order valence-corrected chi connectivity index (χ3v) is 3.23. The molecule has 1 N–H and O–H groups in total. The minimum atomic E-state index is -0.286. The van der Waals surface area contributed by atoms with Crippen LogP contribution in [0.4, 0.5) is 4.39 Å². The van der Waals surface area contributed by atoms with Crippen molar-refractivity contribution in [1.29, 1.82) is 0 Å². The molecule has 0 aliphatic carbocycles. The van der Waals surface area contributed by atoms with Crippen molar-refractivity contribution in [3.63, 3.8) is 0 Å². The molecule has 14 heavy (non-hydrogen) atoms. The van der Waals surface area contributed by atoms with Gasteiger partial charge in [0.25, 0.3) is 0 Å². The molecule has 0 unspecified atom stereocenters. The second-order valence-corrected chi connectivity index (χ2v) is 4.34. The van der Waals surface area contributed by atoms with E-state index in [2.05, 4.69) is 4.90 Å². The summed E-state index contributed by atoms with van der Waals surface area (Å²) < 4.78 is 17.6. The first-order valence-electron chi connectivity index (χ1n) is 4.90. The maximum atomic E-state index is 12.4. The molecular weight excluding hydrogens is 185 g/mol. The Balaban J connectivity index is 2.17. The monoisotopic (exact) mass is 201 g/mol. The van der Waals surface area contributed by atoms with Crippen molar-refractivity contribution in [2.75, 3.05) is 26.8 Å². The molecule has 0 saturated carbocycles. The molecular formula is C10H16FNO2. The van der Waals surface area contributed by atoms with Crippen molar-refractivity contribution < 1.29 is 14.2 Å². The largest absolute Gasteiger partial charge is 0.392 e. The fraction of sp³-hybridized carbons (Fsp3) is 0.800. The molecule has 0 aromatic rings. The van der Waals surface area contributed by atoms with Crippen molar-refractivity contribution in [2.24, 2.45) is 0 Å². The van der Waals surface area contributed by atoms with E-state index in [0.29, 0.717) is 38.9 Å². The van der Waals surface area contributed by atoms with E-state index in [1.165, 1.54) is 0 Å². The molecule has 0 aromatic heterocycles. The smallest absolute Gasteiger partial charge is 0.0872 e. The highest BCUT2D eigenvalue weighted by atomic mass is 19.1. The van der Waals surface area contributed by atoms with Crippen LogP contribution in [0.2, 0.25) is 0 Å². The molecule has 3 nitrogen and oxygen atoms in total. The summed E-state index contributed by atoms with van der Waals surface area (Å²) in [6.45, 7) is 1.85. The summed E-state index contributed by atoms with van der Waals surface area (Å²) in [4.78, 5) is 2.13. The van der Waals surface area contributed by atoms with Gasteiger partial charge in [-0.15, -0.1) is 0 Å². The predicted octanol–water partition coefficient (Wildman–Crippen LogP) is 0.695. The molecule has 4 heteroatoms. The lowest BCUT2D eigenvalue weighted by molar-refractivity contribution is 0.0648. The molecule has 0 radical (unpaired) electrons. The fourth-order valence-electron chi connectivity index (χ4n) is 2.76. The molecule has 2 saturated heterocycles. The van der Waals surface area contributed by atoms with Crippen LogP contribution >= 0.6 is 0 Å². The van der Waals surface area contributed by atoms with Crippen molar-refractivity contribution >= 4 is 0 Å². The number of halogens is 1. The van der Waals surface area contributed by atoms with Crippen LogP contribution in [0.15, 0.2) is 11.9 Å². The maximum Gasteiger partial charge on any atom is 0.0872 e. The number of rotatable bonds is 2. The van der Waals surface area contributed by atoms with Crippen LogP contribution < -0.4 is 0 Å². The van der Waals surface area contributed by atoms with Gasteiger partial charge in [-0.05, 0) is 18.4 Å². The van der Waals surface area contributed by atoms with Crippen LogP contribution in [0.25, 0.3) is 0 Å². The van der Waals surface area contributed by atoms with Crippen molar-refractivity contribution in [3.8, 4) is 0 Å². The average molecular weight is 201 g/mol. The van der Waals surface area contributed by atoms with Crippen LogP contribution in [0.5, 0.6) is 0 Å². The van der Waals surface area contributed by atoms with E-state index >= 15 is 0 Å². The van der Waals surface area contributed by atoms with Crippen LogP contribution in [0, 0.1) is 0 Å². The van der Waals surface area contributed by atoms with Crippen molar-refractivity contribution in [3.05, 3.63) is 11.9 Å². The van der Waals surface area contributed by atoms with Gasteiger partial charge in [0.1, 0.15) is 0 Å².